The molecule has 0 rings (SSSR count). The molecule has 0 aromatic rings. The molecule has 366 valence electrons. The van der Waals surface area contributed by atoms with E-state index in [4.69, 9.17) is 4.74 Å². The van der Waals surface area contributed by atoms with E-state index in [-0.39, 0.29) is 24.9 Å². The number of rotatable bonds is 48. The van der Waals surface area contributed by atoms with Gasteiger partial charge in [-0.1, -0.05) is 236 Å². The predicted octanol–water partition coefficient (Wildman–Crippen LogP) is 16.4. The lowest BCUT2D eigenvalue weighted by atomic mass is 10.0. The number of aliphatic hydroxyl groups is 2. The molecule has 0 aromatic heterocycles. The minimum Gasteiger partial charge on any atom is -0.462 e. The highest BCUT2D eigenvalue weighted by atomic mass is 16.5. The minimum atomic E-state index is -0.795. The molecule has 0 aliphatic heterocycles. The molecule has 0 aliphatic carbocycles. The molecule has 0 aliphatic rings. The molecule has 0 fully saturated rings. The second-order valence-electron chi connectivity index (χ2n) is 18.3. The highest BCUT2D eigenvalue weighted by molar-refractivity contribution is 5.77. The Morgan fingerprint density at radius 1 is 0.492 bits per heavy atom. The van der Waals surface area contributed by atoms with Crippen molar-refractivity contribution in [3.63, 3.8) is 0 Å². The molecule has 1 amide bonds. The fourth-order valence-corrected chi connectivity index (χ4v) is 8.05. The molecule has 6 heteroatoms. The van der Waals surface area contributed by atoms with Gasteiger partial charge >= 0.3 is 5.97 Å². The SMILES string of the molecule is CC/C=C/C=C/C=C/CCCCCCCC(CC(=O)NC(CO)C(O)CCCCCCCCCCCCCC)OC(=O)CCCCCCCCCCC/C=C\C/C=C\CCCCC. The quantitative estimate of drug-likeness (QED) is 0.0245. The fraction of sp³-hybridized carbons (Fsp3) is 0.789. The molecule has 0 saturated heterocycles. The van der Waals surface area contributed by atoms with Crippen LogP contribution in [0.5, 0.6) is 0 Å². The number of unbranched alkanes of at least 4 members (excludes halogenated alkanes) is 28. The van der Waals surface area contributed by atoms with Crippen molar-refractivity contribution in [1.82, 2.24) is 5.32 Å². The van der Waals surface area contributed by atoms with Gasteiger partial charge in [-0.15, -0.1) is 0 Å². The first-order valence-electron chi connectivity index (χ1n) is 27.0. The lowest BCUT2D eigenvalue weighted by molar-refractivity contribution is -0.151. The van der Waals surface area contributed by atoms with Crippen LogP contribution in [0.3, 0.4) is 0 Å². The zero-order chi connectivity index (χ0) is 45.9. The second-order valence-corrected chi connectivity index (χ2v) is 18.3. The first-order chi connectivity index (χ1) is 31.0. The van der Waals surface area contributed by atoms with Crippen molar-refractivity contribution in [3.8, 4) is 0 Å². The average molecular weight is 882 g/mol. The molecule has 6 nitrogen and oxygen atoms in total. The van der Waals surface area contributed by atoms with E-state index in [1.165, 1.54) is 128 Å². The Labute approximate surface area is 390 Å². The molecule has 0 bridgehead atoms. The van der Waals surface area contributed by atoms with Gasteiger partial charge in [-0.3, -0.25) is 9.59 Å². The summed E-state index contributed by atoms with van der Waals surface area (Å²) >= 11 is 0. The van der Waals surface area contributed by atoms with Crippen LogP contribution in [0, 0.1) is 0 Å². The summed E-state index contributed by atoms with van der Waals surface area (Å²) in [5, 5.41) is 23.8. The fourth-order valence-electron chi connectivity index (χ4n) is 8.05. The zero-order valence-corrected chi connectivity index (χ0v) is 41.7. The first-order valence-corrected chi connectivity index (χ1v) is 27.0. The van der Waals surface area contributed by atoms with E-state index in [1.807, 2.05) is 0 Å². The Balaban J connectivity index is 4.55. The Morgan fingerprint density at radius 3 is 1.44 bits per heavy atom. The molecule has 3 N–H and O–H groups in total. The number of hydrogen-bond donors (Lipinski definition) is 3. The van der Waals surface area contributed by atoms with Crippen molar-refractivity contribution in [2.45, 2.75) is 283 Å². The maximum absolute atomic E-state index is 13.2. The number of nitrogens with one attached hydrogen (secondary N) is 1. The van der Waals surface area contributed by atoms with E-state index in [1.54, 1.807) is 0 Å². The van der Waals surface area contributed by atoms with E-state index in [0.29, 0.717) is 19.3 Å². The number of allylic oxidation sites excluding steroid dienone is 10. The molecule has 0 radical (unpaired) electrons. The molecule has 0 aromatic carbocycles. The van der Waals surface area contributed by atoms with E-state index in [0.717, 1.165) is 89.9 Å². The number of aliphatic hydroxyl groups excluding tert-OH is 2. The van der Waals surface area contributed by atoms with Crippen LogP contribution < -0.4 is 5.32 Å². The summed E-state index contributed by atoms with van der Waals surface area (Å²) in [4.78, 5) is 26.2. The van der Waals surface area contributed by atoms with Crippen LogP contribution in [0.15, 0.2) is 60.8 Å². The number of ether oxygens (including phenoxy) is 1. The van der Waals surface area contributed by atoms with Crippen LogP contribution >= 0.6 is 0 Å². The van der Waals surface area contributed by atoms with Crippen LogP contribution in [0.2, 0.25) is 0 Å². The topological polar surface area (TPSA) is 95.9 Å². The summed E-state index contributed by atoms with van der Waals surface area (Å²) in [6.45, 7) is 6.33. The summed E-state index contributed by atoms with van der Waals surface area (Å²) in [5.41, 5.74) is 0. The van der Waals surface area contributed by atoms with Gasteiger partial charge in [-0.05, 0) is 77.0 Å². The van der Waals surface area contributed by atoms with Gasteiger partial charge in [0.2, 0.25) is 5.91 Å². The minimum absolute atomic E-state index is 0.0617. The standard InChI is InChI=1S/C57H103NO5/c1-4-7-10-13-16-19-22-25-26-27-28-29-30-32-35-38-41-44-47-50-57(62)63-53(48-45-42-39-36-33-31-23-20-17-14-11-8-5-2)51-56(61)58-54(52-59)55(60)49-46-43-40-37-34-24-21-18-15-12-9-6-3/h8,11,14,16-17,19-20,23,25-26,53-55,59-60H,4-7,9-10,12-13,15,18,21-22,24,27-52H2,1-3H3,(H,58,61)/b11-8+,17-14+,19-16-,23-20+,26-25-. The maximum Gasteiger partial charge on any atom is 0.306 e. The van der Waals surface area contributed by atoms with Gasteiger partial charge in [0.1, 0.15) is 6.10 Å². The molecule has 3 unspecified atom stereocenters. The van der Waals surface area contributed by atoms with Crippen molar-refractivity contribution in [2.75, 3.05) is 6.61 Å². The van der Waals surface area contributed by atoms with Crippen LogP contribution in [0.25, 0.3) is 0 Å². The zero-order valence-electron chi connectivity index (χ0n) is 41.7. The Hall–Kier alpha value is -2.44. The van der Waals surface area contributed by atoms with E-state index < -0.39 is 18.2 Å². The molecule has 0 saturated carbocycles. The molecule has 3 atom stereocenters. The van der Waals surface area contributed by atoms with Crippen LogP contribution in [0.4, 0.5) is 0 Å². The predicted molar refractivity (Wildman–Crippen MR) is 273 cm³/mol. The molecule has 0 heterocycles. The van der Waals surface area contributed by atoms with Gasteiger partial charge in [0.15, 0.2) is 0 Å². The van der Waals surface area contributed by atoms with Crippen molar-refractivity contribution in [3.05, 3.63) is 60.8 Å². The maximum atomic E-state index is 13.2. The van der Waals surface area contributed by atoms with Crippen molar-refractivity contribution >= 4 is 11.9 Å². The summed E-state index contributed by atoms with van der Waals surface area (Å²) in [6.07, 6.45) is 62.8. The average Bonchev–Trinajstić information content (AvgIpc) is 3.28. The van der Waals surface area contributed by atoms with Crippen molar-refractivity contribution in [2.24, 2.45) is 0 Å². The Kier molecular flexibility index (Phi) is 48.6. The number of carbonyl (C=O) groups is 2. The van der Waals surface area contributed by atoms with Crippen LogP contribution in [0.1, 0.15) is 265 Å². The van der Waals surface area contributed by atoms with Crippen molar-refractivity contribution in [1.29, 1.82) is 0 Å². The van der Waals surface area contributed by atoms with Gasteiger partial charge < -0.3 is 20.3 Å². The third kappa shape index (κ3) is 45.9. The third-order valence-electron chi connectivity index (χ3n) is 12.1. The summed E-state index contributed by atoms with van der Waals surface area (Å²) in [7, 11) is 0. The highest BCUT2D eigenvalue weighted by Gasteiger charge is 2.24. The van der Waals surface area contributed by atoms with Crippen LogP contribution in [-0.2, 0) is 14.3 Å². The normalized spacial score (nSPS) is 13.7. The smallest absolute Gasteiger partial charge is 0.306 e. The summed E-state index contributed by atoms with van der Waals surface area (Å²) < 4.78 is 5.94. The van der Waals surface area contributed by atoms with Crippen LogP contribution in [-0.4, -0.2) is 46.9 Å². The van der Waals surface area contributed by atoms with Crippen molar-refractivity contribution < 1.29 is 24.5 Å². The number of amides is 1. The summed E-state index contributed by atoms with van der Waals surface area (Å²) in [6, 6.07) is -0.710. The lowest BCUT2D eigenvalue weighted by Crippen LogP contribution is -2.46. The second kappa shape index (κ2) is 50.6. The summed E-state index contributed by atoms with van der Waals surface area (Å²) in [5.74, 6) is -0.495. The lowest BCUT2D eigenvalue weighted by Gasteiger charge is -2.24. The largest absolute Gasteiger partial charge is 0.462 e. The van der Waals surface area contributed by atoms with Gasteiger partial charge in [0.05, 0.1) is 25.2 Å². The molecule has 0 spiro atoms. The van der Waals surface area contributed by atoms with Gasteiger partial charge in [0, 0.05) is 6.42 Å². The monoisotopic (exact) mass is 882 g/mol. The third-order valence-corrected chi connectivity index (χ3v) is 12.1. The molecular weight excluding hydrogens is 779 g/mol. The van der Waals surface area contributed by atoms with E-state index in [9.17, 15) is 19.8 Å². The molecule has 63 heavy (non-hydrogen) atoms. The van der Waals surface area contributed by atoms with E-state index >= 15 is 0 Å². The number of carbonyl (C=O) groups excluding carboxylic acids is 2. The molecular formula is C57H103NO5. The van der Waals surface area contributed by atoms with Gasteiger partial charge in [0.25, 0.3) is 0 Å². The van der Waals surface area contributed by atoms with Gasteiger partial charge in [-0.2, -0.15) is 0 Å². The number of hydrogen-bond acceptors (Lipinski definition) is 5. The Morgan fingerprint density at radius 2 is 0.921 bits per heavy atom. The Bertz CT molecular complexity index is 1130. The number of esters is 1. The highest BCUT2D eigenvalue weighted by Crippen LogP contribution is 2.18. The van der Waals surface area contributed by atoms with E-state index in [2.05, 4.69) is 86.8 Å². The first kappa shape index (κ1) is 60.6. The van der Waals surface area contributed by atoms with Gasteiger partial charge in [-0.25, -0.2) is 0 Å².